The van der Waals surface area contributed by atoms with Crippen LogP contribution in [-0.4, -0.2) is 46.9 Å². The summed E-state index contributed by atoms with van der Waals surface area (Å²) in [6.07, 6.45) is 4.39. The summed E-state index contributed by atoms with van der Waals surface area (Å²) in [5, 5.41) is 6.36. The largest absolute Gasteiger partial charge is 0.471 e. The van der Waals surface area contributed by atoms with Crippen molar-refractivity contribution >= 4 is 17.1 Å². The SMILES string of the molecule is Cc1ccc2nc(C#CCCC[C@@H]3C[C@H]3OC(=O)N[C@H](C)C(C)(C)C)c(OC3CN[C@H](C)C3)nc2c1. The molecule has 7 nitrogen and oxygen atoms in total. The van der Waals surface area contributed by atoms with Gasteiger partial charge in [0.1, 0.15) is 12.2 Å². The molecular weight excluding hydrogens is 452 g/mol. The summed E-state index contributed by atoms with van der Waals surface area (Å²) < 4.78 is 11.8. The van der Waals surface area contributed by atoms with E-state index >= 15 is 0 Å². The molecule has 1 aromatic heterocycles. The molecule has 1 aromatic carbocycles. The summed E-state index contributed by atoms with van der Waals surface area (Å²) in [5.74, 6) is 7.43. The molecule has 2 fully saturated rings. The van der Waals surface area contributed by atoms with Crippen LogP contribution < -0.4 is 15.4 Å². The smallest absolute Gasteiger partial charge is 0.407 e. The van der Waals surface area contributed by atoms with Crippen molar-refractivity contribution in [1.29, 1.82) is 0 Å². The molecule has 1 saturated heterocycles. The van der Waals surface area contributed by atoms with E-state index < -0.39 is 0 Å². The van der Waals surface area contributed by atoms with E-state index in [1.54, 1.807) is 0 Å². The van der Waals surface area contributed by atoms with Gasteiger partial charge in [0.25, 0.3) is 0 Å². The predicted octanol–water partition coefficient (Wildman–Crippen LogP) is 5.14. The topological polar surface area (TPSA) is 85.4 Å². The first-order chi connectivity index (χ1) is 17.1. The van der Waals surface area contributed by atoms with Crippen LogP contribution in [0.3, 0.4) is 0 Å². The number of aromatic nitrogens is 2. The first kappa shape index (κ1) is 26.2. The zero-order valence-corrected chi connectivity index (χ0v) is 22.5. The zero-order valence-electron chi connectivity index (χ0n) is 22.5. The first-order valence-corrected chi connectivity index (χ1v) is 13.2. The normalized spacial score (nSPS) is 24.1. The number of hydrogen-bond acceptors (Lipinski definition) is 6. The highest BCUT2D eigenvalue weighted by atomic mass is 16.6. The zero-order chi connectivity index (χ0) is 25.9. The van der Waals surface area contributed by atoms with Gasteiger partial charge < -0.3 is 20.1 Å². The van der Waals surface area contributed by atoms with Crippen LogP contribution in [-0.2, 0) is 4.74 Å². The van der Waals surface area contributed by atoms with Gasteiger partial charge in [-0.1, -0.05) is 32.8 Å². The number of alkyl carbamates (subject to hydrolysis) is 1. The number of amides is 1. The molecule has 4 rings (SSSR count). The Balaban J connectivity index is 1.30. The second-order valence-corrected chi connectivity index (χ2v) is 11.5. The van der Waals surface area contributed by atoms with Gasteiger partial charge in [0, 0.05) is 31.5 Å². The van der Waals surface area contributed by atoms with Gasteiger partial charge in [-0.2, -0.15) is 0 Å². The van der Waals surface area contributed by atoms with Crippen LogP contribution >= 0.6 is 0 Å². The number of unbranched alkanes of at least 4 members (excludes halogenated alkanes) is 1. The van der Waals surface area contributed by atoms with E-state index in [1.165, 1.54) is 0 Å². The fourth-order valence-corrected chi connectivity index (χ4v) is 4.28. The number of carbonyl (C=O) groups is 1. The summed E-state index contributed by atoms with van der Waals surface area (Å²) in [4.78, 5) is 21.7. The van der Waals surface area contributed by atoms with E-state index in [1.807, 2.05) is 32.0 Å². The lowest BCUT2D eigenvalue weighted by Crippen LogP contribution is -2.42. The highest BCUT2D eigenvalue weighted by Gasteiger charge is 2.40. The second kappa shape index (κ2) is 11.0. The number of ether oxygens (including phenoxy) is 2. The van der Waals surface area contributed by atoms with E-state index in [-0.39, 0.29) is 29.8 Å². The predicted molar refractivity (Wildman–Crippen MR) is 142 cm³/mol. The molecule has 194 valence electrons. The molecule has 0 spiro atoms. The summed E-state index contributed by atoms with van der Waals surface area (Å²) in [6, 6.07) is 6.54. The lowest BCUT2D eigenvalue weighted by Gasteiger charge is -2.27. The second-order valence-electron chi connectivity index (χ2n) is 11.5. The third-order valence-corrected chi connectivity index (χ3v) is 7.21. The van der Waals surface area contributed by atoms with Gasteiger partial charge in [-0.25, -0.2) is 14.8 Å². The van der Waals surface area contributed by atoms with Gasteiger partial charge in [-0.15, -0.1) is 0 Å². The molecule has 7 heteroatoms. The number of benzene rings is 1. The van der Waals surface area contributed by atoms with Crippen LogP contribution in [0.2, 0.25) is 0 Å². The summed E-state index contributed by atoms with van der Waals surface area (Å²) in [5.41, 5.74) is 3.40. The molecule has 5 atom stereocenters. The molecule has 1 unspecified atom stereocenters. The fourth-order valence-electron chi connectivity index (χ4n) is 4.28. The number of aryl methyl sites for hydroxylation is 1. The Hall–Kier alpha value is -2.85. The molecule has 1 aliphatic heterocycles. The Labute approximate surface area is 215 Å². The number of nitrogens with zero attached hydrogens (tertiary/aromatic N) is 2. The van der Waals surface area contributed by atoms with Gasteiger partial charge in [-0.3, -0.25) is 0 Å². The molecule has 1 aliphatic carbocycles. The molecule has 2 N–H and O–H groups in total. The highest BCUT2D eigenvalue weighted by Crippen LogP contribution is 2.38. The van der Waals surface area contributed by atoms with Gasteiger partial charge in [0.15, 0.2) is 5.69 Å². The van der Waals surface area contributed by atoms with Crippen molar-refractivity contribution in [2.24, 2.45) is 11.3 Å². The summed E-state index contributed by atoms with van der Waals surface area (Å²) >= 11 is 0. The molecule has 2 aliphatic rings. The maximum Gasteiger partial charge on any atom is 0.407 e. The lowest BCUT2D eigenvalue weighted by molar-refractivity contribution is 0.121. The molecular formula is C29H40N4O3. The monoisotopic (exact) mass is 492 g/mol. The minimum absolute atomic E-state index is 0.00627. The minimum atomic E-state index is -0.311. The minimum Gasteiger partial charge on any atom is -0.471 e. The molecule has 2 aromatic rings. The Kier molecular flexibility index (Phi) is 8.04. The van der Waals surface area contributed by atoms with Gasteiger partial charge in [-0.05, 0) is 75.0 Å². The van der Waals surface area contributed by atoms with Crippen LogP contribution in [0.15, 0.2) is 18.2 Å². The van der Waals surface area contributed by atoms with Crippen LogP contribution in [0.4, 0.5) is 4.79 Å². The maximum atomic E-state index is 12.1. The summed E-state index contributed by atoms with van der Waals surface area (Å²) in [7, 11) is 0. The van der Waals surface area contributed by atoms with Crippen molar-refractivity contribution in [1.82, 2.24) is 20.6 Å². The Morgan fingerprint density at radius 3 is 2.78 bits per heavy atom. The number of hydrogen-bond donors (Lipinski definition) is 2. The average Bonchev–Trinajstić information content (AvgIpc) is 3.40. The Morgan fingerprint density at radius 2 is 2.06 bits per heavy atom. The van der Waals surface area contributed by atoms with E-state index in [4.69, 9.17) is 19.4 Å². The Morgan fingerprint density at radius 1 is 1.25 bits per heavy atom. The van der Waals surface area contributed by atoms with E-state index in [0.29, 0.717) is 23.5 Å². The Bertz CT molecular complexity index is 1150. The molecule has 36 heavy (non-hydrogen) atoms. The van der Waals surface area contributed by atoms with Crippen LogP contribution in [0.1, 0.15) is 78.0 Å². The summed E-state index contributed by atoms with van der Waals surface area (Å²) in [6.45, 7) is 13.3. The van der Waals surface area contributed by atoms with E-state index in [0.717, 1.165) is 55.2 Å². The van der Waals surface area contributed by atoms with Crippen molar-refractivity contribution in [3.05, 3.63) is 29.5 Å². The molecule has 0 bridgehead atoms. The number of nitrogens with one attached hydrogen (secondary N) is 2. The van der Waals surface area contributed by atoms with Crippen molar-refractivity contribution in [2.45, 2.75) is 97.9 Å². The first-order valence-electron chi connectivity index (χ1n) is 13.2. The molecule has 0 radical (unpaired) electrons. The quantitative estimate of drug-likeness (QED) is 0.411. The van der Waals surface area contributed by atoms with Gasteiger partial charge in [0.05, 0.1) is 11.0 Å². The third-order valence-electron chi connectivity index (χ3n) is 7.21. The van der Waals surface area contributed by atoms with Crippen molar-refractivity contribution in [2.75, 3.05) is 6.54 Å². The van der Waals surface area contributed by atoms with Crippen molar-refractivity contribution in [3.8, 4) is 17.7 Å². The molecule has 1 amide bonds. The van der Waals surface area contributed by atoms with Crippen LogP contribution in [0, 0.1) is 30.1 Å². The van der Waals surface area contributed by atoms with E-state index in [9.17, 15) is 4.79 Å². The number of carbonyl (C=O) groups excluding carboxylic acids is 1. The maximum absolute atomic E-state index is 12.1. The van der Waals surface area contributed by atoms with Crippen molar-refractivity contribution < 1.29 is 14.3 Å². The van der Waals surface area contributed by atoms with Gasteiger partial charge >= 0.3 is 6.09 Å². The molecule has 1 saturated carbocycles. The average molecular weight is 493 g/mol. The lowest BCUT2D eigenvalue weighted by atomic mass is 9.88. The van der Waals surface area contributed by atoms with Crippen molar-refractivity contribution in [3.63, 3.8) is 0 Å². The number of fused-ring (bicyclic) bond motifs is 1. The van der Waals surface area contributed by atoms with E-state index in [2.05, 4.69) is 50.2 Å². The standard InChI is InChI=1S/C29H40N4O3/c1-18-12-13-23-25(14-18)33-27(35-22-15-19(2)30-17-22)24(32-23)11-9-7-8-10-21-16-26(21)36-28(34)31-20(3)29(4,5)6/h12-14,19-22,26,30H,7-8,10,15-17H2,1-6H3,(H,31,34)/t19-,20-,21-,22?,26-/m1/s1. The van der Waals surface area contributed by atoms with Crippen LogP contribution in [0.25, 0.3) is 11.0 Å². The third kappa shape index (κ3) is 7.10. The highest BCUT2D eigenvalue weighted by molar-refractivity contribution is 5.76. The van der Waals surface area contributed by atoms with Gasteiger partial charge in [0.2, 0.25) is 5.88 Å². The van der Waals surface area contributed by atoms with Crippen LogP contribution in [0.5, 0.6) is 5.88 Å². The molecule has 2 heterocycles. The fraction of sp³-hybridized carbons (Fsp3) is 0.621. The number of rotatable bonds is 7.